The van der Waals surface area contributed by atoms with Crippen molar-refractivity contribution in [2.24, 2.45) is 0 Å². The van der Waals surface area contributed by atoms with E-state index in [-0.39, 0.29) is 17.9 Å². The van der Waals surface area contributed by atoms with E-state index in [0.29, 0.717) is 12.8 Å². The predicted octanol–water partition coefficient (Wildman–Crippen LogP) is 3.10. The van der Waals surface area contributed by atoms with Crippen LogP contribution in [0.5, 0.6) is 0 Å². The van der Waals surface area contributed by atoms with Crippen molar-refractivity contribution >= 4 is 23.5 Å². The molecule has 1 aromatic carbocycles. The van der Waals surface area contributed by atoms with E-state index in [1.165, 1.54) is 12.5 Å². The van der Waals surface area contributed by atoms with Gasteiger partial charge in [-0.3, -0.25) is 9.59 Å². The molecule has 0 radical (unpaired) electrons. The molecule has 1 aliphatic carbocycles. The van der Waals surface area contributed by atoms with Crippen LogP contribution in [-0.2, 0) is 20.1 Å². The molecule has 0 heterocycles. The first-order chi connectivity index (χ1) is 9.15. The zero-order valence-electron chi connectivity index (χ0n) is 10.8. The molecule has 4 heteroatoms. The molecule has 0 aliphatic heterocycles. The first-order valence-corrected chi connectivity index (χ1v) is 7.22. The first kappa shape index (κ1) is 13.9. The van der Waals surface area contributed by atoms with Crippen LogP contribution in [0.1, 0.15) is 25.3 Å². The zero-order chi connectivity index (χ0) is 13.7. The summed E-state index contributed by atoms with van der Waals surface area (Å²) in [5.74, 6) is 0.585. The summed E-state index contributed by atoms with van der Waals surface area (Å²) in [7, 11) is 0. The summed E-state index contributed by atoms with van der Waals surface area (Å²) in [6, 6.07) is 10.0. The number of ether oxygens (including phenoxy) is 1. The summed E-state index contributed by atoms with van der Waals surface area (Å²) in [6.45, 7) is 1.40. The highest BCUT2D eigenvalue weighted by molar-refractivity contribution is 8.02. The standard InChI is InChI=1S/C15H16O3S/c1-11(16)18-14-8-7-13(17)9-15(14)19-10-12-5-3-2-4-6-12/h2-6,9,14H,7-8,10H2,1H3/t14-/m0/s1. The van der Waals surface area contributed by atoms with Gasteiger partial charge in [0.25, 0.3) is 0 Å². The van der Waals surface area contributed by atoms with Gasteiger partial charge in [-0.25, -0.2) is 0 Å². The van der Waals surface area contributed by atoms with Gasteiger partial charge in [0.2, 0.25) is 0 Å². The fourth-order valence-electron chi connectivity index (χ4n) is 1.93. The summed E-state index contributed by atoms with van der Waals surface area (Å²) < 4.78 is 5.26. The van der Waals surface area contributed by atoms with E-state index in [1.807, 2.05) is 30.3 Å². The molecular weight excluding hydrogens is 260 g/mol. The topological polar surface area (TPSA) is 43.4 Å². The third-order valence-electron chi connectivity index (χ3n) is 2.83. The van der Waals surface area contributed by atoms with Crippen molar-refractivity contribution in [1.29, 1.82) is 0 Å². The molecule has 1 atom stereocenters. The lowest BCUT2D eigenvalue weighted by Gasteiger charge is -2.22. The minimum absolute atomic E-state index is 0.110. The minimum Gasteiger partial charge on any atom is -0.457 e. The average Bonchev–Trinajstić information content (AvgIpc) is 2.40. The predicted molar refractivity (Wildman–Crippen MR) is 75.6 cm³/mol. The van der Waals surface area contributed by atoms with Crippen molar-refractivity contribution in [3.63, 3.8) is 0 Å². The van der Waals surface area contributed by atoms with Crippen molar-refractivity contribution in [2.45, 2.75) is 31.6 Å². The van der Waals surface area contributed by atoms with Crippen LogP contribution in [0.15, 0.2) is 41.3 Å². The Bertz CT molecular complexity index is 493. The number of benzene rings is 1. The average molecular weight is 276 g/mol. The molecule has 0 fully saturated rings. The van der Waals surface area contributed by atoms with E-state index in [0.717, 1.165) is 10.7 Å². The Hall–Kier alpha value is -1.55. The van der Waals surface area contributed by atoms with Gasteiger partial charge in [-0.15, -0.1) is 11.8 Å². The third kappa shape index (κ3) is 4.24. The number of allylic oxidation sites excluding steroid dienone is 1. The summed E-state index contributed by atoms with van der Waals surface area (Å²) in [4.78, 5) is 23.4. The minimum atomic E-state index is -0.300. The highest BCUT2D eigenvalue weighted by Gasteiger charge is 2.24. The fraction of sp³-hybridized carbons (Fsp3) is 0.333. The van der Waals surface area contributed by atoms with Gasteiger partial charge in [0.1, 0.15) is 6.10 Å². The van der Waals surface area contributed by atoms with Crippen LogP contribution in [0.25, 0.3) is 0 Å². The summed E-state index contributed by atoms with van der Waals surface area (Å²) in [5, 5.41) is 0. The number of carbonyl (C=O) groups excluding carboxylic acids is 2. The Morgan fingerprint density at radius 3 is 2.79 bits per heavy atom. The van der Waals surface area contributed by atoms with Gasteiger partial charge < -0.3 is 4.74 Å². The number of ketones is 1. The maximum atomic E-state index is 11.5. The highest BCUT2D eigenvalue weighted by Crippen LogP contribution is 2.31. The van der Waals surface area contributed by atoms with E-state index in [9.17, 15) is 9.59 Å². The van der Waals surface area contributed by atoms with Crippen LogP contribution >= 0.6 is 11.8 Å². The van der Waals surface area contributed by atoms with E-state index in [1.54, 1.807) is 17.8 Å². The van der Waals surface area contributed by atoms with Gasteiger partial charge in [0.05, 0.1) is 0 Å². The molecule has 0 unspecified atom stereocenters. The maximum Gasteiger partial charge on any atom is 0.303 e. The number of hydrogen-bond donors (Lipinski definition) is 0. The molecule has 0 spiro atoms. The monoisotopic (exact) mass is 276 g/mol. The van der Waals surface area contributed by atoms with Gasteiger partial charge >= 0.3 is 5.97 Å². The number of hydrogen-bond acceptors (Lipinski definition) is 4. The second-order valence-electron chi connectivity index (χ2n) is 4.42. The van der Waals surface area contributed by atoms with Crippen LogP contribution in [0.3, 0.4) is 0 Å². The number of esters is 1. The molecule has 1 aromatic rings. The van der Waals surface area contributed by atoms with Crippen molar-refractivity contribution < 1.29 is 14.3 Å². The lowest BCUT2D eigenvalue weighted by molar-refractivity contribution is -0.145. The molecule has 3 nitrogen and oxygen atoms in total. The first-order valence-electron chi connectivity index (χ1n) is 6.23. The Morgan fingerprint density at radius 2 is 2.11 bits per heavy atom. The van der Waals surface area contributed by atoms with Crippen LogP contribution in [-0.4, -0.2) is 17.9 Å². The lowest BCUT2D eigenvalue weighted by Crippen LogP contribution is -2.23. The summed E-state index contributed by atoms with van der Waals surface area (Å²) in [5.41, 5.74) is 1.19. The van der Waals surface area contributed by atoms with Crippen LogP contribution in [0, 0.1) is 0 Å². The second kappa shape index (κ2) is 6.57. The fourth-order valence-corrected chi connectivity index (χ4v) is 3.02. The van der Waals surface area contributed by atoms with Crippen LogP contribution in [0.4, 0.5) is 0 Å². The van der Waals surface area contributed by atoms with E-state index < -0.39 is 0 Å². The summed E-state index contributed by atoms with van der Waals surface area (Å²) >= 11 is 1.57. The van der Waals surface area contributed by atoms with Gasteiger partial charge in [0, 0.05) is 24.0 Å². The Labute approximate surface area is 117 Å². The quantitative estimate of drug-likeness (QED) is 0.793. The molecule has 0 aromatic heterocycles. The van der Waals surface area contributed by atoms with Gasteiger partial charge in [0.15, 0.2) is 5.78 Å². The summed E-state index contributed by atoms with van der Waals surface area (Å²) in [6.07, 6.45) is 2.40. The number of carbonyl (C=O) groups is 2. The lowest BCUT2D eigenvalue weighted by atomic mass is 10.0. The molecule has 0 N–H and O–H groups in total. The normalized spacial score (nSPS) is 18.9. The molecule has 1 aliphatic rings. The van der Waals surface area contributed by atoms with Crippen LogP contribution < -0.4 is 0 Å². The molecule has 19 heavy (non-hydrogen) atoms. The molecule has 2 rings (SSSR count). The molecule has 0 bridgehead atoms. The SMILES string of the molecule is CC(=O)O[C@H]1CCC(=O)C=C1SCc1ccccc1. The van der Waals surface area contributed by atoms with E-state index in [2.05, 4.69) is 0 Å². The molecule has 0 saturated carbocycles. The van der Waals surface area contributed by atoms with Gasteiger partial charge in [-0.2, -0.15) is 0 Å². The Morgan fingerprint density at radius 1 is 1.37 bits per heavy atom. The molecule has 0 amide bonds. The third-order valence-corrected chi connectivity index (χ3v) is 4.02. The second-order valence-corrected chi connectivity index (χ2v) is 5.47. The highest BCUT2D eigenvalue weighted by atomic mass is 32.2. The van der Waals surface area contributed by atoms with Gasteiger partial charge in [-0.1, -0.05) is 30.3 Å². The largest absolute Gasteiger partial charge is 0.457 e. The Balaban J connectivity index is 2.02. The number of rotatable bonds is 4. The van der Waals surface area contributed by atoms with Crippen LogP contribution in [0.2, 0.25) is 0 Å². The van der Waals surface area contributed by atoms with Crippen molar-refractivity contribution in [3.8, 4) is 0 Å². The zero-order valence-corrected chi connectivity index (χ0v) is 11.6. The van der Waals surface area contributed by atoms with Gasteiger partial charge in [-0.05, 0) is 18.1 Å². The van der Waals surface area contributed by atoms with E-state index in [4.69, 9.17) is 4.74 Å². The van der Waals surface area contributed by atoms with E-state index >= 15 is 0 Å². The molecule has 100 valence electrons. The Kier molecular flexibility index (Phi) is 4.80. The van der Waals surface area contributed by atoms with Crippen molar-refractivity contribution in [1.82, 2.24) is 0 Å². The number of thioether (sulfide) groups is 1. The van der Waals surface area contributed by atoms with Crippen molar-refractivity contribution in [2.75, 3.05) is 0 Å². The smallest absolute Gasteiger partial charge is 0.303 e. The molecule has 0 saturated heterocycles. The van der Waals surface area contributed by atoms with Crippen molar-refractivity contribution in [3.05, 3.63) is 46.9 Å². The maximum absolute atomic E-state index is 11.5. The molecular formula is C15H16O3S.